The number of nitrogens with one attached hydrogen (secondary N) is 1. The van der Waals surface area contributed by atoms with Gasteiger partial charge in [0.1, 0.15) is 5.52 Å². The molecule has 0 unspecified atom stereocenters. The van der Waals surface area contributed by atoms with Gasteiger partial charge in [-0.3, -0.25) is 9.78 Å². The van der Waals surface area contributed by atoms with E-state index < -0.39 is 0 Å². The fraction of sp³-hybridized carbons (Fsp3) is 0.125. The van der Waals surface area contributed by atoms with Gasteiger partial charge in [0, 0.05) is 42.3 Å². The molecule has 1 N–H and O–H groups in total. The largest absolute Gasteiger partial charge is 0.480 e. The van der Waals surface area contributed by atoms with Gasteiger partial charge in [-0.1, -0.05) is 22.0 Å². The predicted octanol–water partition coefficient (Wildman–Crippen LogP) is 6.30. The Morgan fingerprint density at radius 2 is 1.94 bits per heavy atom. The quantitative estimate of drug-likeness (QED) is 0.148. The molecule has 0 saturated carbocycles. The molecule has 9 heteroatoms. The van der Waals surface area contributed by atoms with Crippen LogP contribution in [-0.2, 0) is 4.79 Å². The number of carbonyl (C=O) groups is 1. The Hall–Kier alpha value is -2.24. The molecule has 0 aliphatic heterocycles. The van der Waals surface area contributed by atoms with E-state index in [4.69, 9.17) is 4.74 Å². The third kappa shape index (κ3) is 5.30. The number of ether oxygens (including phenoxy) is 1. The highest BCUT2D eigenvalue weighted by atomic mass is 127. The van der Waals surface area contributed by atoms with Gasteiger partial charge in [-0.15, -0.1) is 0 Å². The summed E-state index contributed by atoms with van der Waals surface area (Å²) in [5.41, 5.74) is 7.34. The van der Waals surface area contributed by atoms with Crippen LogP contribution in [0.3, 0.4) is 0 Å². The fourth-order valence-electron chi connectivity index (χ4n) is 3.53. The molecule has 0 saturated heterocycles. The molecule has 0 radical (unpaired) electrons. The van der Waals surface area contributed by atoms with Crippen molar-refractivity contribution in [2.24, 2.45) is 5.10 Å². The van der Waals surface area contributed by atoms with Gasteiger partial charge in [-0.25, -0.2) is 5.43 Å². The van der Waals surface area contributed by atoms with Crippen molar-refractivity contribution in [2.45, 2.75) is 13.8 Å². The van der Waals surface area contributed by atoms with E-state index in [-0.39, 0.29) is 12.5 Å². The third-order valence-electron chi connectivity index (χ3n) is 5.05. The summed E-state index contributed by atoms with van der Waals surface area (Å²) in [6.45, 7) is 3.88. The van der Waals surface area contributed by atoms with Crippen LogP contribution < -0.4 is 10.2 Å². The number of halogens is 3. The second-order valence-corrected chi connectivity index (χ2v) is 10.2. The average Bonchev–Trinajstić information content (AvgIpc) is 3.07. The van der Waals surface area contributed by atoms with Crippen LogP contribution in [0.2, 0.25) is 0 Å². The number of fused-ring (bicyclic) bond motifs is 1. The second kappa shape index (κ2) is 10.4. The number of nitrogens with zero attached hydrogens (tertiary/aromatic N) is 3. The molecule has 0 fully saturated rings. The number of rotatable bonds is 6. The molecular formula is C24H19Br2IN4O2. The number of aromatic nitrogens is 2. The van der Waals surface area contributed by atoms with Crippen molar-refractivity contribution in [2.75, 3.05) is 6.61 Å². The van der Waals surface area contributed by atoms with E-state index in [9.17, 15) is 4.79 Å². The molecule has 2 heterocycles. The standard InChI is InChI=1S/C24H19Br2IN4O2/c1-14-10-16(15(2)31(14)18-7-5-17(27)6-8-18)12-29-30-22(32)13-33-24-21(26)11-20(25)19-4-3-9-28-23(19)24/h3-12H,13H2,1-2H3,(H,30,32)/b29-12+. The highest BCUT2D eigenvalue weighted by Gasteiger charge is 2.14. The zero-order valence-corrected chi connectivity index (χ0v) is 23.1. The first kappa shape index (κ1) is 23.9. The Balaban J connectivity index is 1.43. The molecule has 0 aliphatic carbocycles. The molecule has 0 aliphatic rings. The predicted molar refractivity (Wildman–Crippen MR) is 146 cm³/mol. The monoisotopic (exact) mass is 680 g/mol. The van der Waals surface area contributed by atoms with Gasteiger partial charge >= 0.3 is 0 Å². The van der Waals surface area contributed by atoms with Crippen LogP contribution in [0.25, 0.3) is 16.6 Å². The van der Waals surface area contributed by atoms with Crippen molar-refractivity contribution in [1.82, 2.24) is 15.0 Å². The fourth-order valence-corrected chi connectivity index (χ4v) is 5.28. The summed E-state index contributed by atoms with van der Waals surface area (Å²) in [7, 11) is 0. The van der Waals surface area contributed by atoms with Gasteiger partial charge in [0.25, 0.3) is 5.91 Å². The molecule has 33 heavy (non-hydrogen) atoms. The van der Waals surface area contributed by atoms with Crippen LogP contribution in [0.4, 0.5) is 0 Å². The molecule has 4 aromatic rings. The lowest BCUT2D eigenvalue weighted by Gasteiger charge is -2.11. The Morgan fingerprint density at radius 1 is 1.18 bits per heavy atom. The molecule has 2 aromatic heterocycles. The van der Waals surface area contributed by atoms with Gasteiger partial charge in [0.2, 0.25) is 0 Å². The maximum atomic E-state index is 12.3. The summed E-state index contributed by atoms with van der Waals surface area (Å²) in [6, 6.07) is 16.0. The SMILES string of the molecule is Cc1cc(/C=N/NC(=O)COc2c(Br)cc(Br)c3cccnc23)c(C)n1-c1ccc(I)cc1. The molecule has 6 nitrogen and oxygen atoms in total. The Labute approximate surface area is 221 Å². The van der Waals surface area contributed by atoms with E-state index in [1.165, 1.54) is 3.57 Å². The Morgan fingerprint density at radius 3 is 2.70 bits per heavy atom. The molecule has 2 aromatic carbocycles. The van der Waals surface area contributed by atoms with E-state index in [2.05, 4.69) is 98.8 Å². The van der Waals surface area contributed by atoms with E-state index in [0.717, 1.165) is 32.5 Å². The second-order valence-electron chi connectivity index (χ2n) is 7.29. The van der Waals surface area contributed by atoms with Crippen molar-refractivity contribution in [3.05, 3.63) is 84.2 Å². The molecule has 4 rings (SSSR count). The third-order valence-corrected chi connectivity index (χ3v) is 7.01. The Bertz CT molecular complexity index is 1370. The molecule has 0 spiro atoms. The summed E-state index contributed by atoms with van der Waals surface area (Å²) >= 11 is 9.30. The van der Waals surface area contributed by atoms with Gasteiger partial charge in [-0.2, -0.15) is 5.10 Å². The number of hydrogen-bond donors (Lipinski definition) is 1. The van der Waals surface area contributed by atoms with Crippen LogP contribution in [-0.4, -0.2) is 28.3 Å². The van der Waals surface area contributed by atoms with E-state index in [1.807, 2.05) is 38.1 Å². The maximum Gasteiger partial charge on any atom is 0.277 e. The minimum Gasteiger partial charge on any atom is -0.480 e. The van der Waals surface area contributed by atoms with Crippen LogP contribution in [0.15, 0.2) is 68.8 Å². The molecule has 0 bridgehead atoms. The van der Waals surface area contributed by atoms with E-state index >= 15 is 0 Å². The van der Waals surface area contributed by atoms with Gasteiger partial charge in [0.15, 0.2) is 12.4 Å². The van der Waals surface area contributed by atoms with Gasteiger partial charge in [-0.05, 0) is 94.8 Å². The lowest BCUT2D eigenvalue weighted by atomic mass is 10.2. The average molecular weight is 682 g/mol. The van der Waals surface area contributed by atoms with Crippen LogP contribution >= 0.6 is 54.5 Å². The molecule has 0 atom stereocenters. The summed E-state index contributed by atoms with van der Waals surface area (Å²) in [5, 5.41) is 5.02. The molecule has 168 valence electrons. The van der Waals surface area contributed by atoms with Crippen molar-refractivity contribution in [3.63, 3.8) is 0 Å². The van der Waals surface area contributed by atoms with Crippen LogP contribution in [0, 0.1) is 17.4 Å². The summed E-state index contributed by atoms with van der Waals surface area (Å²) in [4.78, 5) is 16.7. The topological polar surface area (TPSA) is 68.5 Å². The van der Waals surface area contributed by atoms with E-state index in [1.54, 1.807) is 12.4 Å². The zero-order valence-electron chi connectivity index (χ0n) is 17.8. The van der Waals surface area contributed by atoms with Crippen molar-refractivity contribution in [1.29, 1.82) is 0 Å². The normalized spacial score (nSPS) is 11.3. The summed E-state index contributed by atoms with van der Waals surface area (Å²) in [5.74, 6) is 0.144. The number of amides is 1. The maximum absolute atomic E-state index is 12.3. The zero-order chi connectivity index (χ0) is 23.5. The number of carbonyl (C=O) groups excluding carboxylic acids is 1. The lowest BCUT2D eigenvalue weighted by molar-refractivity contribution is -0.123. The first-order valence-corrected chi connectivity index (χ1v) is 12.6. The van der Waals surface area contributed by atoms with Crippen molar-refractivity contribution < 1.29 is 9.53 Å². The minimum absolute atomic E-state index is 0.190. The number of pyridine rings is 1. The minimum atomic E-state index is -0.364. The first-order valence-electron chi connectivity index (χ1n) is 9.97. The Kier molecular flexibility index (Phi) is 7.50. The number of hydrogen-bond acceptors (Lipinski definition) is 4. The van der Waals surface area contributed by atoms with Crippen molar-refractivity contribution in [3.8, 4) is 11.4 Å². The summed E-state index contributed by atoms with van der Waals surface area (Å²) < 4.78 is 10.7. The van der Waals surface area contributed by atoms with Gasteiger partial charge in [0.05, 0.1) is 10.7 Å². The lowest BCUT2D eigenvalue weighted by Crippen LogP contribution is -2.24. The highest BCUT2D eigenvalue weighted by molar-refractivity contribution is 14.1. The first-order chi connectivity index (χ1) is 15.8. The van der Waals surface area contributed by atoms with Crippen molar-refractivity contribution >= 4 is 77.5 Å². The highest BCUT2D eigenvalue weighted by Crippen LogP contribution is 2.37. The number of benzene rings is 2. The number of hydrazone groups is 1. The van der Waals surface area contributed by atoms with Crippen LogP contribution in [0.1, 0.15) is 17.0 Å². The van der Waals surface area contributed by atoms with Gasteiger partial charge < -0.3 is 9.30 Å². The van der Waals surface area contributed by atoms with Crippen LogP contribution in [0.5, 0.6) is 5.75 Å². The molecule has 1 amide bonds. The smallest absolute Gasteiger partial charge is 0.277 e. The molecular weight excluding hydrogens is 663 g/mol. The number of aryl methyl sites for hydroxylation is 1. The van der Waals surface area contributed by atoms with E-state index in [0.29, 0.717) is 15.7 Å². The summed E-state index contributed by atoms with van der Waals surface area (Å²) in [6.07, 6.45) is 3.33.